The lowest BCUT2D eigenvalue weighted by atomic mass is 10.1. The van der Waals surface area contributed by atoms with Crippen molar-refractivity contribution in [1.29, 1.82) is 0 Å². The largest absolute Gasteiger partial charge is 0.427 e. The number of allylic oxidation sites excluding steroid dienone is 2. The summed E-state index contributed by atoms with van der Waals surface area (Å²) in [6, 6.07) is 7.18. The fourth-order valence-corrected chi connectivity index (χ4v) is 2.87. The number of nitrogens with zero attached hydrogens (tertiary/aromatic N) is 1. The van der Waals surface area contributed by atoms with Crippen LogP contribution in [0, 0.1) is 5.92 Å². The molecule has 0 bridgehead atoms. The van der Waals surface area contributed by atoms with E-state index < -0.39 is 0 Å². The van der Waals surface area contributed by atoms with Gasteiger partial charge in [-0.1, -0.05) is 12.2 Å². The Kier molecular flexibility index (Phi) is 4.04. The van der Waals surface area contributed by atoms with Crippen molar-refractivity contribution in [3.8, 4) is 5.75 Å². The summed E-state index contributed by atoms with van der Waals surface area (Å²) in [5.74, 6) is 0.820. The number of amides is 1. The second-order valence-corrected chi connectivity index (χ2v) is 5.59. The third-order valence-electron chi connectivity index (χ3n) is 3.99. The van der Waals surface area contributed by atoms with Gasteiger partial charge in [0.05, 0.1) is 6.42 Å². The van der Waals surface area contributed by atoms with Crippen LogP contribution in [-0.4, -0.2) is 18.4 Å². The molecule has 0 spiro atoms. The fraction of sp³-hybridized carbons (Fsp3) is 0.412. The molecule has 0 radical (unpaired) electrons. The molecule has 4 nitrogen and oxygen atoms in total. The van der Waals surface area contributed by atoms with E-state index in [-0.39, 0.29) is 11.9 Å². The van der Waals surface area contributed by atoms with Crippen LogP contribution in [0.5, 0.6) is 5.75 Å². The van der Waals surface area contributed by atoms with Gasteiger partial charge in [0, 0.05) is 18.7 Å². The summed E-state index contributed by atoms with van der Waals surface area (Å²) in [7, 11) is 0. The molecule has 1 unspecified atom stereocenters. The van der Waals surface area contributed by atoms with Crippen molar-refractivity contribution in [3.63, 3.8) is 0 Å². The highest BCUT2D eigenvalue weighted by atomic mass is 16.5. The lowest BCUT2D eigenvalue weighted by Gasteiger charge is -2.16. The Morgan fingerprint density at radius 1 is 1.29 bits per heavy atom. The van der Waals surface area contributed by atoms with Gasteiger partial charge in [0.15, 0.2) is 0 Å². The van der Waals surface area contributed by atoms with E-state index in [4.69, 9.17) is 4.74 Å². The molecule has 1 heterocycles. The van der Waals surface area contributed by atoms with Crippen LogP contribution in [0.1, 0.15) is 32.1 Å². The maximum atomic E-state index is 11.8. The van der Waals surface area contributed by atoms with Crippen LogP contribution >= 0.6 is 0 Å². The van der Waals surface area contributed by atoms with Crippen molar-refractivity contribution in [1.82, 2.24) is 0 Å². The summed E-state index contributed by atoms with van der Waals surface area (Å²) < 4.78 is 5.34. The zero-order chi connectivity index (χ0) is 14.7. The molecule has 1 aromatic rings. The molecule has 1 aliphatic carbocycles. The summed E-state index contributed by atoms with van der Waals surface area (Å²) in [4.78, 5) is 25.3. The molecule has 1 fully saturated rings. The molecule has 1 amide bonds. The topological polar surface area (TPSA) is 46.6 Å². The van der Waals surface area contributed by atoms with Crippen LogP contribution in [0.25, 0.3) is 0 Å². The molecule has 1 atom stereocenters. The van der Waals surface area contributed by atoms with Gasteiger partial charge in [-0.15, -0.1) is 0 Å². The summed E-state index contributed by atoms with van der Waals surface area (Å²) >= 11 is 0. The van der Waals surface area contributed by atoms with Gasteiger partial charge in [0.25, 0.3) is 0 Å². The number of anilines is 1. The van der Waals surface area contributed by atoms with Crippen LogP contribution in [0.15, 0.2) is 36.4 Å². The van der Waals surface area contributed by atoms with Crippen LogP contribution in [0.3, 0.4) is 0 Å². The molecule has 110 valence electrons. The number of benzene rings is 1. The smallest absolute Gasteiger partial charge is 0.311 e. The average Bonchev–Trinajstić information content (AvgIpc) is 3.11. The second kappa shape index (κ2) is 6.12. The highest BCUT2D eigenvalue weighted by molar-refractivity contribution is 5.95. The summed E-state index contributed by atoms with van der Waals surface area (Å²) in [6.07, 6.45) is 8.24. The van der Waals surface area contributed by atoms with Gasteiger partial charge >= 0.3 is 5.97 Å². The molecule has 0 saturated carbocycles. The monoisotopic (exact) mass is 285 g/mol. The van der Waals surface area contributed by atoms with Crippen molar-refractivity contribution in [2.45, 2.75) is 32.1 Å². The SMILES string of the molecule is O=C(CC1C=CCC1)Oc1ccc(N2CCCC2=O)cc1. The second-order valence-electron chi connectivity index (χ2n) is 5.59. The highest BCUT2D eigenvalue weighted by Crippen LogP contribution is 2.25. The summed E-state index contributed by atoms with van der Waals surface area (Å²) in [5.41, 5.74) is 0.871. The molecule has 1 saturated heterocycles. The number of hydrogen-bond acceptors (Lipinski definition) is 3. The molecule has 1 aliphatic heterocycles. The first-order valence-electron chi connectivity index (χ1n) is 7.50. The van der Waals surface area contributed by atoms with E-state index in [1.54, 1.807) is 17.0 Å². The third kappa shape index (κ3) is 3.32. The van der Waals surface area contributed by atoms with Crippen molar-refractivity contribution >= 4 is 17.6 Å². The Bertz CT molecular complexity index is 562. The molecule has 1 aromatic carbocycles. The van der Waals surface area contributed by atoms with E-state index in [0.29, 0.717) is 24.5 Å². The third-order valence-corrected chi connectivity index (χ3v) is 3.99. The van der Waals surface area contributed by atoms with Gasteiger partial charge < -0.3 is 9.64 Å². The fourth-order valence-electron chi connectivity index (χ4n) is 2.87. The molecule has 0 N–H and O–H groups in total. The first-order valence-corrected chi connectivity index (χ1v) is 7.50. The predicted molar refractivity (Wildman–Crippen MR) is 80.1 cm³/mol. The zero-order valence-electron chi connectivity index (χ0n) is 12.0. The standard InChI is InChI=1S/C17H19NO3/c19-16-6-3-11-18(16)14-7-9-15(10-8-14)21-17(20)12-13-4-1-2-5-13/h1,4,7-10,13H,2-3,5-6,11-12H2. The van der Waals surface area contributed by atoms with Crippen LogP contribution in [0.4, 0.5) is 5.69 Å². The minimum atomic E-state index is -0.198. The van der Waals surface area contributed by atoms with Gasteiger partial charge in [-0.05, 0) is 49.4 Å². The van der Waals surface area contributed by atoms with E-state index in [9.17, 15) is 9.59 Å². The van der Waals surface area contributed by atoms with E-state index in [2.05, 4.69) is 12.2 Å². The van der Waals surface area contributed by atoms with Crippen molar-refractivity contribution in [2.24, 2.45) is 5.92 Å². The van der Waals surface area contributed by atoms with Crippen molar-refractivity contribution in [3.05, 3.63) is 36.4 Å². The Morgan fingerprint density at radius 2 is 2.10 bits per heavy atom. The van der Waals surface area contributed by atoms with Gasteiger partial charge in [-0.25, -0.2) is 0 Å². The van der Waals surface area contributed by atoms with E-state index >= 15 is 0 Å². The minimum absolute atomic E-state index is 0.160. The first kappa shape index (κ1) is 13.9. The Hall–Kier alpha value is -2.10. The van der Waals surface area contributed by atoms with Crippen LogP contribution < -0.4 is 9.64 Å². The minimum Gasteiger partial charge on any atom is -0.427 e. The number of carbonyl (C=O) groups is 2. The van der Waals surface area contributed by atoms with Crippen molar-refractivity contribution < 1.29 is 14.3 Å². The lowest BCUT2D eigenvalue weighted by Crippen LogP contribution is -2.23. The van der Waals surface area contributed by atoms with Crippen molar-refractivity contribution in [2.75, 3.05) is 11.4 Å². The van der Waals surface area contributed by atoms with Gasteiger partial charge in [-0.2, -0.15) is 0 Å². The first-order chi connectivity index (χ1) is 10.2. The van der Waals surface area contributed by atoms with Gasteiger partial charge in [0.2, 0.25) is 5.91 Å². The van der Waals surface area contributed by atoms with E-state index in [0.717, 1.165) is 31.5 Å². The molecule has 21 heavy (non-hydrogen) atoms. The molecule has 4 heteroatoms. The van der Waals surface area contributed by atoms with Crippen LogP contribution in [-0.2, 0) is 9.59 Å². The number of hydrogen-bond donors (Lipinski definition) is 0. The number of rotatable bonds is 4. The molecule has 0 aromatic heterocycles. The Morgan fingerprint density at radius 3 is 2.71 bits per heavy atom. The number of ether oxygens (including phenoxy) is 1. The maximum absolute atomic E-state index is 11.8. The molecule has 3 rings (SSSR count). The Balaban J connectivity index is 1.57. The summed E-state index contributed by atoms with van der Waals surface area (Å²) in [5, 5.41) is 0. The van der Waals surface area contributed by atoms with E-state index in [1.807, 2.05) is 12.1 Å². The van der Waals surface area contributed by atoms with Crippen LogP contribution in [0.2, 0.25) is 0 Å². The zero-order valence-corrected chi connectivity index (χ0v) is 12.0. The summed E-state index contributed by atoms with van der Waals surface area (Å²) in [6.45, 7) is 0.770. The molecular formula is C17H19NO3. The van der Waals surface area contributed by atoms with E-state index in [1.165, 1.54) is 0 Å². The lowest BCUT2D eigenvalue weighted by molar-refractivity contribution is -0.135. The number of esters is 1. The normalized spacial score (nSPS) is 21.0. The highest BCUT2D eigenvalue weighted by Gasteiger charge is 2.21. The predicted octanol–water partition coefficient (Wildman–Crippen LogP) is 3.08. The van der Waals surface area contributed by atoms with Gasteiger partial charge in [-0.3, -0.25) is 9.59 Å². The average molecular weight is 285 g/mol. The Labute approximate surface area is 124 Å². The maximum Gasteiger partial charge on any atom is 0.311 e. The molecule has 2 aliphatic rings. The molecular weight excluding hydrogens is 266 g/mol. The quantitative estimate of drug-likeness (QED) is 0.485. The number of carbonyl (C=O) groups excluding carboxylic acids is 2. The van der Waals surface area contributed by atoms with Gasteiger partial charge in [0.1, 0.15) is 5.75 Å².